The molecule has 2 rings (SSSR count). The molecule has 0 atom stereocenters. The van der Waals surface area contributed by atoms with Crippen LogP contribution in [0.1, 0.15) is 64.2 Å². The van der Waals surface area contributed by atoms with Crippen LogP contribution in [0, 0.1) is 0 Å². The minimum atomic E-state index is -8.62. The summed E-state index contributed by atoms with van der Waals surface area (Å²) in [6.07, 6.45) is -9.08. The number of halogens is 17. The van der Waals surface area contributed by atoms with E-state index in [1.807, 2.05) is 0 Å². The van der Waals surface area contributed by atoms with Gasteiger partial charge in [0.1, 0.15) is 0 Å². The molecule has 0 bridgehead atoms. The van der Waals surface area contributed by atoms with E-state index in [4.69, 9.17) is 23.2 Å². The molecule has 2 aliphatic heterocycles. The van der Waals surface area contributed by atoms with Gasteiger partial charge in [-0.1, -0.05) is 44.9 Å². The normalized spacial score (nSPS) is 18.9. The lowest BCUT2D eigenvalue weighted by Crippen LogP contribution is -2.74. The number of hydroxylamine groups is 4. The van der Waals surface area contributed by atoms with Gasteiger partial charge < -0.3 is 9.47 Å². The van der Waals surface area contributed by atoms with Crippen LogP contribution in [-0.4, -0.2) is 117 Å². The number of rotatable bonds is 23. The smallest absolute Gasteiger partial charge is 0.379 e. The van der Waals surface area contributed by atoms with Gasteiger partial charge in [0.2, 0.25) is 0 Å². The van der Waals surface area contributed by atoms with Crippen LogP contribution in [0.3, 0.4) is 0 Å². The van der Waals surface area contributed by atoms with Gasteiger partial charge in [-0.2, -0.15) is 94.0 Å². The number of alkyl halides is 17. The number of ether oxygens (including phenoxy) is 2. The number of unbranched alkanes of at least 4 members (excludes halogenated alkanes) is 8. The summed E-state index contributed by atoms with van der Waals surface area (Å²) in [5, 5.41) is 2.79. The zero-order valence-electron chi connectivity index (χ0n) is 27.7. The largest absolute Gasteiger partial charge is 0.508 e. The van der Waals surface area contributed by atoms with E-state index >= 15 is 0 Å². The topological polar surface area (TPSA) is 69.7 Å². The highest BCUT2D eigenvalue weighted by Crippen LogP contribution is 2.64. The molecule has 26 heteroatoms. The van der Waals surface area contributed by atoms with E-state index in [2.05, 4.69) is 0 Å². The standard InChI is InChI=1S/C27H38F17N2O6P/c28-20(29,21(30,31)22(32,33)23(34,35)24(36,37)25(38,39)26(40,41)27(42,43)44)10-8-6-4-2-1-3-5-7-9-15-50-53(47,51-45-11-16-48-17-12-45)52-46-13-18-49-19-14-46/h1-19H2. The number of morpholine rings is 2. The first-order chi connectivity index (χ1) is 24.1. The highest BCUT2D eigenvalue weighted by Gasteiger charge is 2.95. The molecular formula is C27H38F17N2O6P. The van der Waals surface area contributed by atoms with Crippen LogP contribution in [-0.2, 0) is 27.8 Å². The van der Waals surface area contributed by atoms with E-state index < -0.39 is 74.7 Å². The Morgan fingerprint density at radius 2 is 0.774 bits per heavy atom. The Hall–Kier alpha value is -1.24. The van der Waals surface area contributed by atoms with E-state index in [9.17, 15) is 79.2 Å². The summed E-state index contributed by atoms with van der Waals surface area (Å²) in [5.41, 5.74) is 0. The van der Waals surface area contributed by atoms with Crippen LogP contribution in [0.2, 0.25) is 0 Å². The lowest BCUT2D eigenvalue weighted by molar-refractivity contribution is -0.461. The predicted molar refractivity (Wildman–Crippen MR) is 147 cm³/mol. The average molecular weight is 841 g/mol. The monoisotopic (exact) mass is 840 g/mol. The fourth-order valence-electron chi connectivity index (χ4n) is 4.82. The molecule has 2 fully saturated rings. The molecular weight excluding hydrogens is 802 g/mol. The maximum absolute atomic E-state index is 14.0. The van der Waals surface area contributed by atoms with Gasteiger partial charge in [-0.15, -0.1) is 0 Å². The van der Waals surface area contributed by atoms with Crippen LogP contribution in [0.4, 0.5) is 74.6 Å². The molecule has 0 amide bonds. The first kappa shape index (κ1) is 47.9. The lowest BCUT2D eigenvalue weighted by Gasteiger charge is -2.42. The molecule has 0 saturated carbocycles. The zero-order valence-corrected chi connectivity index (χ0v) is 28.5. The molecule has 8 nitrogen and oxygen atoms in total. The van der Waals surface area contributed by atoms with Crippen molar-refractivity contribution in [2.24, 2.45) is 0 Å². The summed E-state index contributed by atoms with van der Waals surface area (Å²) in [4.78, 5) is 0. The molecule has 2 aliphatic rings. The van der Waals surface area contributed by atoms with Crippen molar-refractivity contribution >= 4 is 7.82 Å². The predicted octanol–water partition coefficient (Wildman–Crippen LogP) is 9.55. The van der Waals surface area contributed by atoms with Crippen molar-refractivity contribution in [1.29, 1.82) is 0 Å². The third-order valence-electron chi connectivity index (χ3n) is 8.04. The summed E-state index contributed by atoms with van der Waals surface area (Å²) >= 11 is 0. The summed E-state index contributed by atoms with van der Waals surface area (Å²) in [6.45, 7) is 2.58. The van der Waals surface area contributed by atoms with Gasteiger partial charge in [-0.25, -0.2) is 4.57 Å². The summed E-state index contributed by atoms with van der Waals surface area (Å²) < 4.78 is 268. The SMILES string of the molecule is O=P(OCCCCCCCCCCCC(F)(F)C(F)(F)C(F)(F)C(F)(F)C(F)(F)C(F)(F)C(F)(F)C(F)(F)F)(ON1CCOCC1)ON1CCOCC1. The second-order valence-corrected chi connectivity index (χ2v) is 13.6. The highest BCUT2D eigenvalue weighted by atomic mass is 31.2. The van der Waals surface area contributed by atoms with Crippen molar-refractivity contribution < 1.29 is 102 Å². The van der Waals surface area contributed by atoms with Gasteiger partial charge >= 0.3 is 55.5 Å². The minimum absolute atomic E-state index is 0.0188. The Kier molecular flexibility index (Phi) is 16.6. The van der Waals surface area contributed by atoms with Crippen LogP contribution in [0.25, 0.3) is 0 Å². The Morgan fingerprint density at radius 1 is 0.453 bits per heavy atom. The average Bonchev–Trinajstić information content (AvgIpc) is 3.05. The second-order valence-electron chi connectivity index (χ2n) is 12.1. The fourth-order valence-corrected chi connectivity index (χ4v) is 6.19. The summed E-state index contributed by atoms with van der Waals surface area (Å²) in [6, 6.07) is 0. The third-order valence-corrected chi connectivity index (χ3v) is 9.40. The van der Waals surface area contributed by atoms with Crippen LogP contribution in [0.15, 0.2) is 0 Å². The second kappa shape index (κ2) is 18.4. The van der Waals surface area contributed by atoms with Crippen LogP contribution in [0.5, 0.6) is 0 Å². The molecule has 2 saturated heterocycles. The Bertz CT molecular complexity index is 1150. The Balaban J connectivity index is 1.78. The van der Waals surface area contributed by atoms with Crippen LogP contribution >= 0.6 is 7.82 Å². The van der Waals surface area contributed by atoms with Gasteiger partial charge in [0.25, 0.3) is 0 Å². The molecule has 0 spiro atoms. The molecule has 0 aromatic rings. The van der Waals surface area contributed by atoms with Gasteiger partial charge in [0, 0.05) is 32.6 Å². The lowest BCUT2D eigenvalue weighted by atomic mass is 9.87. The van der Waals surface area contributed by atoms with Gasteiger partial charge in [0.05, 0.1) is 33.0 Å². The maximum atomic E-state index is 14.0. The number of nitrogens with zero attached hydrogens (tertiary/aromatic N) is 2. The number of hydrogen-bond acceptors (Lipinski definition) is 8. The third kappa shape index (κ3) is 11.0. The van der Waals surface area contributed by atoms with Gasteiger partial charge in [0.15, 0.2) is 0 Å². The van der Waals surface area contributed by atoms with Crippen molar-refractivity contribution in [3.8, 4) is 0 Å². The van der Waals surface area contributed by atoms with Gasteiger partial charge in [-0.3, -0.25) is 4.52 Å². The number of hydrogen-bond donors (Lipinski definition) is 0. The molecule has 0 unspecified atom stereocenters. The maximum Gasteiger partial charge on any atom is 0.508 e. The van der Waals surface area contributed by atoms with E-state index in [-0.39, 0.29) is 19.4 Å². The molecule has 0 N–H and O–H groups in total. The zero-order chi connectivity index (χ0) is 40.6. The fraction of sp³-hybridized carbons (Fsp3) is 1.00. The molecule has 0 aliphatic carbocycles. The van der Waals surface area contributed by atoms with E-state index in [0.29, 0.717) is 84.7 Å². The molecule has 0 aromatic carbocycles. The van der Waals surface area contributed by atoms with Crippen molar-refractivity contribution in [3.63, 3.8) is 0 Å². The highest BCUT2D eigenvalue weighted by molar-refractivity contribution is 7.48. The Labute approximate surface area is 292 Å². The van der Waals surface area contributed by atoms with Crippen molar-refractivity contribution in [2.75, 3.05) is 59.2 Å². The minimum Gasteiger partial charge on any atom is -0.379 e. The van der Waals surface area contributed by atoms with E-state index in [1.165, 1.54) is 10.1 Å². The number of phosphoric acid groups is 1. The van der Waals surface area contributed by atoms with E-state index in [1.54, 1.807) is 0 Å². The first-order valence-corrected chi connectivity index (χ1v) is 17.6. The molecule has 2 heterocycles. The molecule has 0 aromatic heterocycles. The summed E-state index contributed by atoms with van der Waals surface area (Å²) in [5.74, 6) is -56.1. The van der Waals surface area contributed by atoms with E-state index in [0.717, 1.165) is 0 Å². The summed E-state index contributed by atoms with van der Waals surface area (Å²) in [7, 11) is -4.07. The van der Waals surface area contributed by atoms with Gasteiger partial charge in [-0.05, 0) is 12.8 Å². The Morgan fingerprint density at radius 3 is 1.15 bits per heavy atom. The quantitative estimate of drug-likeness (QED) is 0.0573. The van der Waals surface area contributed by atoms with Crippen molar-refractivity contribution in [2.45, 2.75) is 112 Å². The van der Waals surface area contributed by atoms with Crippen LogP contribution < -0.4 is 0 Å². The molecule has 53 heavy (non-hydrogen) atoms. The van der Waals surface area contributed by atoms with Crippen molar-refractivity contribution in [1.82, 2.24) is 10.1 Å². The first-order valence-electron chi connectivity index (χ1n) is 16.1. The van der Waals surface area contributed by atoms with Crippen molar-refractivity contribution in [3.05, 3.63) is 0 Å². The molecule has 0 radical (unpaired) electrons. The molecule has 316 valence electrons.